The largest absolute Gasteiger partial charge is 1.00 e. The molecule has 0 radical (unpaired) electrons. The first kappa shape index (κ1) is 26.0. The van der Waals surface area contributed by atoms with Gasteiger partial charge in [-0.05, 0) is 58.7 Å². The van der Waals surface area contributed by atoms with Crippen molar-refractivity contribution < 1.29 is 58.3 Å². The smallest absolute Gasteiger partial charge is 0.673 e. The van der Waals surface area contributed by atoms with E-state index in [9.17, 15) is 9.82 Å². The number of methoxy groups -OCH3 is 1. The van der Waals surface area contributed by atoms with E-state index in [1.165, 1.54) is 0 Å². The Morgan fingerprint density at radius 1 is 1.21 bits per heavy atom. The van der Waals surface area contributed by atoms with Crippen LogP contribution in [0, 0.1) is 0 Å². The number of benzene rings is 2. The Balaban J connectivity index is 0.00000420. The van der Waals surface area contributed by atoms with Gasteiger partial charge in [-0.2, -0.15) is 9.78 Å². The molecule has 0 fully saturated rings. The van der Waals surface area contributed by atoms with Gasteiger partial charge in [0.2, 0.25) is 0 Å². The van der Waals surface area contributed by atoms with Crippen molar-refractivity contribution in [2.75, 3.05) is 21.2 Å². The van der Waals surface area contributed by atoms with E-state index in [-0.39, 0.29) is 35.0 Å². The molecule has 2 rings (SSSR count). The summed E-state index contributed by atoms with van der Waals surface area (Å²) in [5.74, 6) is 1.34. The van der Waals surface area contributed by atoms with Crippen molar-refractivity contribution >= 4 is 39.4 Å². The minimum atomic E-state index is -2.47. The Morgan fingerprint density at radius 2 is 1.79 bits per heavy atom. The summed E-state index contributed by atoms with van der Waals surface area (Å²) in [6.45, 7) is 0. The van der Waals surface area contributed by atoms with Crippen LogP contribution in [0.2, 0.25) is 0 Å². The van der Waals surface area contributed by atoms with E-state index < -0.39 is 15.5 Å². The summed E-state index contributed by atoms with van der Waals surface area (Å²) >= 11 is 4.46. The molecule has 0 aliphatic heterocycles. The van der Waals surface area contributed by atoms with Crippen LogP contribution < -0.4 is 49.1 Å². The normalized spacial score (nSPS) is 12.9. The molecule has 0 saturated heterocycles. The van der Waals surface area contributed by atoms with E-state index in [0.29, 0.717) is 11.3 Å². The fourth-order valence-corrected chi connectivity index (χ4v) is 3.70. The van der Waals surface area contributed by atoms with Gasteiger partial charge in [-0.3, -0.25) is 0 Å². The van der Waals surface area contributed by atoms with Gasteiger partial charge in [-0.15, -0.1) is 0 Å². The van der Waals surface area contributed by atoms with Gasteiger partial charge in [0.1, 0.15) is 18.5 Å². The topological polar surface area (TPSA) is 97.4 Å². The predicted octanol–water partition coefficient (Wildman–Crippen LogP) is -1.31. The summed E-state index contributed by atoms with van der Waals surface area (Å²) in [6, 6.07) is 14.2. The first-order valence-corrected chi connectivity index (χ1v) is 11.5. The van der Waals surface area contributed by atoms with Crippen molar-refractivity contribution in [3.8, 4) is 11.5 Å². The van der Waals surface area contributed by atoms with Crippen LogP contribution in [0.4, 0.5) is 0 Å². The molecule has 2 unspecified atom stereocenters. The van der Waals surface area contributed by atoms with E-state index in [4.69, 9.17) is 9.26 Å². The van der Waals surface area contributed by atoms with Gasteiger partial charge in [0.05, 0.1) is 18.9 Å². The third-order valence-corrected chi connectivity index (χ3v) is 6.52. The Morgan fingerprint density at radius 3 is 2.31 bits per heavy atom. The summed E-state index contributed by atoms with van der Waals surface area (Å²) in [5, 5.41) is 14.7. The zero-order valence-electron chi connectivity index (χ0n) is 16.5. The standard InChI is InChI=1S/C17H19N3O5P2S.Na/c1-18-17(26(22)25-21)14-6-10-16(11-7-14)24-27(28)20(2)19-12-13-4-8-15(23-3)9-5-13;/h4-12,28H,1-3H3;/q;+1/p+1/b18-17?,19-12+;. The third kappa shape index (κ3) is 7.96. The van der Waals surface area contributed by atoms with E-state index >= 15 is 0 Å². The van der Waals surface area contributed by atoms with Crippen molar-refractivity contribution in [1.29, 1.82) is 0 Å². The second-order valence-corrected chi connectivity index (χ2v) is 8.71. The number of hydrazone groups is 1. The SMILES string of the molecule is C[NH+]=C(c1ccc(OP(S)N(C)/N=C/c2ccc(OC)cc2)cc1)[P+](=O)O[O-].[Na+]. The van der Waals surface area contributed by atoms with Crippen LogP contribution in [0.5, 0.6) is 11.5 Å². The molecular formula is C17H20N3NaO5P2S+2. The quantitative estimate of drug-likeness (QED) is 0.120. The van der Waals surface area contributed by atoms with E-state index in [2.05, 4.69) is 27.0 Å². The van der Waals surface area contributed by atoms with Gasteiger partial charge >= 0.3 is 43.0 Å². The summed E-state index contributed by atoms with van der Waals surface area (Å²) < 4.78 is 27.7. The minimum Gasteiger partial charge on any atom is -0.673 e. The number of nitrogens with one attached hydrogen (secondary N) is 1. The first-order valence-electron chi connectivity index (χ1n) is 7.99. The molecule has 0 bridgehead atoms. The van der Waals surface area contributed by atoms with Gasteiger partial charge in [0.15, 0.2) is 0 Å². The number of nitrogens with zero attached hydrogens (tertiary/aromatic N) is 2. The Labute approximate surface area is 199 Å². The molecule has 0 saturated carbocycles. The molecule has 1 N–H and O–H groups in total. The van der Waals surface area contributed by atoms with Crippen LogP contribution in [-0.2, 0) is 9.24 Å². The first-order chi connectivity index (χ1) is 13.5. The second-order valence-electron chi connectivity index (χ2n) is 5.31. The van der Waals surface area contributed by atoms with Crippen molar-refractivity contribution in [3.05, 3.63) is 59.7 Å². The predicted molar refractivity (Wildman–Crippen MR) is 111 cm³/mol. The maximum absolute atomic E-state index is 11.6. The van der Waals surface area contributed by atoms with Crippen molar-refractivity contribution in [1.82, 2.24) is 4.78 Å². The molecule has 8 nitrogen and oxygen atoms in total. The summed E-state index contributed by atoms with van der Waals surface area (Å²) in [7, 11) is 1.15. The number of rotatable bonds is 9. The van der Waals surface area contributed by atoms with Crippen molar-refractivity contribution in [2.24, 2.45) is 5.10 Å². The van der Waals surface area contributed by atoms with Crippen molar-refractivity contribution in [3.63, 3.8) is 0 Å². The Bertz CT molecular complexity index is 853. The molecule has 12 heteroatoms. The fraction of sp³-hybridized carbons (Fsp3) is 0.176. The molecule has 0 aliphatic carbocycles. The molecule has 0 aromatic heterocycles. The van der Waals surface area contributed by atoms with Gasteiger partial charge in [0, 0.05) is 7.05 Å². The molecular weight excluding hydrogens is 443 g/mol. The van der Waals surface area contributed by atoms with Crippen LogP contribution in [0.1, 0.15) is 11.1 Å². The van der Waals surface area contributed by atoms with Crippen LogP contribution in [0.15, 0.2) is 53.6 Å². The summed E-state index contributed by atoms with van der Waals surface area (Å²) in [4.78, 5) is 2.71. The third-order valence-electron chi connectivity index (χ3n) is 3.54. The van der Waals surface area contributed by atoms with Gasteiger partial charge in [-0.1, -0.05) is 12.2 Å². The number of thiol groups is 1. The fourth-order valence-electron chi connectivity index (χ4n) is 2.09. The summed E-state index contributed by atoms with van der Waals surface area (Å²) in [6.07, 6.45) is 1.70. The minimum absolute atomic E-state index is 0. The monoisotopic (exact) mass is 463 g/mol. The van der Waals surface area contributed by atoms with E-state index in [1.807, 2.05) is 24.3 Å². The van der Waals surface area contributed by atoms with Crippen LogP contribution >= 0.6 is 27.8 Å². The zero-order chi connectivity index (χ0) is 20.5. The van der Waals surface area contributed by atoms with Gasteiger partial charge < -0.3 is 14.5 Å². The molecule has 2 aromatic rings. The van der Waals surface area contributed by atoms with E-state index in [0.717, 1.165) is 11.3 Å². The molecule has 148 valence electrons. The van der Waals surface area contributed by atoms with Crippen molar-refractivity contribution in [2.45, 2.75) is 0 Å². The van der Waals surface area contributed by atoms with Gasteiger partial charge in [-0.25, -0.2) is 9.77 Å². The number of ether oxygens (including phenoxy) is 1. The van der Waals surface area contributed by atoms with E-state index in [1.54, 1.807) is 56.5 Å². The average molecular weight is 463 g/mol. The second kappa shape index (κ2) is 13.3. The Hall–Kier alpha value is -1.02. The zero-order valence-corrected chi connectivity index (χ0v) is 21.2. The molecule has 2 atom stereocenters. The number of hydrogen-bond donors (Lipinski definition) is 2. The maximum atomic E-state index is 11.6. The van der Waals surface area contributed by atoms with Crippen LogP contribution in [0.3, 0.4) is 0 Å². The van der Waals surface area contributed by atoms with Crippen LogP contribution in [0.25, 0.3) is 0 Å². The molecule has 2 aromatic carbocycles. The molecule has 0 aliphatic rings. The van der Waals surface area contributed by atoms with Gasteiger partial charge in [0.25, 0.3) is 7.50 Å². The Kier molecular flexibility index (Phi) is 11.9. The van der Waals surface area contributed by atoms with Crippen LogP contribution in [-0.4, -0.2) is 37.7 Å². The number of hydrogen-bond acceptors (Lipinski definition) is 8. The molecule has 0 spiro atoms. The maximum Gasteiger partial charge on any atom is 1.00 e. The molecule has 29 heavy (non-hydrogen) atoms. The summed E-state index contributed by atoms with van der Waals surface area (Å²) in [5.41, 5.74) is 1.70. The molecule has 0 amide bonds. The molecule has 0 heterocycles. The average Bonchev–Trinajstić information content (AvgIpc) is 2.73.